The highest BCUT2D eigenvalue weighted by atomic mass is 35.5. The highest BCUT2D eigenvalue weighted by molar-refractivity contribution is 6.48. The molecular formula is C13H9ClN2O. The number of nitriles is 2. The van der Waals surface area contributed by atoms with Gasteiger partial charge in [-0.05, 0) is 42.0 Å². The predicted octanol–water partition coefficient (Wildman–Crippen LogP) is 3.25. The molecule has 0 aliphatic rings. The normalized spacial score (nSPS) is 10.0. The topological polar surface area (TPSA) is 56.8 Å². The number of methoxy groups -OCH3 is 1. The maximum atomic E-state index is 8.55. The van der Waals surface area contributed by atoms with Crippen molar-refractivity contribution in [3.8, 4) is 17.9 Å². The summed E-state index contributed by atoms with van der Waals surface area (Å²) in [4.78, 5) is 0. The molecule has 0 bridgehead atoms. The number of ether oxygens (including phenoxy) is 1. The van der Waals surface area contributed by atoms with Crippen molar-refractivity contribution in [3.05, 3.63) is 47.6 Å². The number of benzene rings is 1. The van der Waals surface area contributed by atoms with E-state index >= 15 is 0 Å². The number of rotatable bonds is 3. The van der Waals surface area contributed by atoms with Gasteiger partial charge in [-0.1, -0.05) is 11.6 Å². The fraction of sp³-hybridized carbons (Fsp3) is 0.0769. The van der Waals surface area contributed by atoms with Crippen molar-refractivity contribution in [2.75, 3.05) is 7.11 Å². The Kier molecular flexibility index (Phi) is 4.81. The van der Waals surface area contributed by atoms with Crippen molar-refractivity contribution in [2.24, 2.45) is 0 Å². The number of allylic oxidation sites excluding steroid dienone is 3. The average Bonchev–Trinajstić information content (AvgIpc) is 2.39. The van der Waals surface area contributed by atoms with Gasteiger partial charge in [-0.3, -0.25) is 0 Å². The monoisotopic (exact) mass is 244 g/mol. The van der Waals surface area contributed by atoms with Crippen LogP contribution in [0.3, 0.4) is 0 Å². The molecule has 0 amide bonds. The molecular weight excluding hydrogens is 236 g/mol. The van der Waals surface area contributed by atoms with Crippen molar-refractivity contribution >= 4 is 16.6 Å². The van der Waals surface area contributed by atoms with Gasteiger partial charge in [-0.2, -0.15) is 10.5 Å². The zero-order valence-electron chi connectivity index (χ0n) is 9.14. The van der Waals surface area contributed by atoms with Crippen LogP contribution in [0.2, 0.25) is 0 Å². The molecule has 0 fully saturated rings. The Bertz CT molecular complexity index is 514. The summed E-state index contributed by atoms with van der Waals surface area (Å²) < 4.78 is 5.02. The third-order valence-corrected chi connectivity index (χ3v) is 2.35. The Balaban J connectivity index is 2.93. The zero-order valence-corrected chi connectivity index (χ0v) is 9.90. The van der Waals surface area contributed by atoms with E-state index in [1.54, 1.807) is 43.5 Å². The third kappa shape index (κ3) is 3.68. The second kappa shape index (κ2) is 6.37. The molecule has 0 radical (unpaired) electrons. The van der Waals surface area contributed by atoms with Gasteiger partial charge in [-0.25, -0.2) is 0 Å². The molecule has 0 aliphatic heterocycles. The maximum absolute atomic E-state index is 8.55. The molecule has 4 heteroatoms. The molecule has 1 aromatic rings. The Morgan fingerprint density at radius 3 is 2.24 bits per heavy atom. The van der Waals surface area contributed by atoms with Gasteiger partial charge >= 0.3 is 0 Å². The van der Waals surface area contributed by atoms with Crippen molar-refractivity contribution in [2.45, 2.75) is 0 Å². The van der Waals surface area contributed by atoms with Crippen LogP contribution in [0.1, 0.15) is 5.56 Å². The quantitative estimate of drug-likeness (QED) is 0.606. The second-order valence-electron chi connectivity index (χ2n) is 3.05. The summed E-state index contributed by atoms with van der Waals surface area (Å²) in [5.74, 6) is 0.739. The highest BCUT2D eigenvalue weighted by Gasteiger charge is 1.98. The molecule has 84 valence electrons. The molecule has 0 unspecified atom stereocenters. The zero-order chi connectivity index (χ0) is 12.7. The van der Waals surface area contributed by atoms with E-state index in [9.17, 15) is 0 Å². The van der Waals surface area contributed by atoms with Crippen LogP contribution in [-0.2, 0) is 0 Å². The van der Waals surface area contributed by atoms with Crippen LogP contribution in [0.25, 0.3) is 5.03 Å². The van der Waals surface area contributed by atoms with E-state index in [1.807, 2.05) is 0 Å². The third-order valence-electron chi connectivity index (χ3n) is 2.00. The second-order valence-corrected chi connectivity index (χ2v) is 3.45. The number of halogens is 1. The Morgan fingerprint density at radius 2 is 1.76 bits per heavy atom. The first kappa shape index (κ1) is 12.8. The predicted molar refractivity (Wildman–Crippen MR) is 66.1 cm³/mol. The minimum atomic E-state index is 0.0108. The molecule has 0 spiro atoms. The largest absolute Gasteiger partial charge is 0.497 e. The van der Waals surface area contributed by atoms with Gasteiger partial charge in [0.1, 0.15) is 23.5 Å². The van der Waals surface area contributed by atoms with Crippen molar-refractivity contribution < 1.29 is 4.74 Å². The van der Waals surface area contributed by atoms with Crippen LogP contribution in [-0.4, -0.2) is 7.11 Å². The van der Waals surface area contributed by atoms with Gasteiger partial charge in [0, 0.05) is 5.03 Å². The summed E-state index contributed by atoms with van der Waals surface area (Å²) in [7, 11) is 1.58. The lowest BCUT2D eigenvalue weighted by atomic mass is 10.2. The average molecular weight is 245 g/mol. The van der Waals surface area contributed by atoms with E-state index in [-0.39, 0.29) is 5.57 Å². The SMILES string of the molecule is COc1ccc(C(Cl)=CC=C(C#N)C#N)cc1. The van der Waals surface area contributed by atoms with E-state index < -0.39 is 0 Å². The molecule has 0 aliphatic carbocycles. The Labute approximate surface area is 105 Å². The van der Waals surface area contributed by atoms with Crippen LogP contribution in [0.4, 0.5) is 0 Å². The van der Waals surface area contributed by atoms with E-state index in [0.29, 0.717) is 5.03 Å². The molecule has 1 rings (SSSR count). The Morgan fingerprint density at radius 1 is 1.18 bits per heavy atom. The molecule has 0 saturated heterocycles. The molecule has 0 heterocycles. The molecule has 0 atom stereocenters. The molecule has 0 aromatic heterocycles. The maximum Gasteiger partial charge on any atom is 0.129 e. The minimum absolute atomic E-state index is 0.0108. The van der Waals surface area contributed by atoms with Crippen LogP contribution in [0, 0.1) is 22.7 Å². The van der Waals surface area contributed by atoms with Crippen LogP contribution in [0.15, 0.2) is 42.0 Å². The standard InChI is InChI=1S/C13H9ClN2O/c1-17-12-5-3-11(4-6-12)13(14)7-2-10(8-15)9-16/h2-7H,1H3. The fourth-order valence-electron chi connectivity index (χ4n) is 1.10. The highest BCUT2D eigenvalue weighted by Crippen LogP contribution is 2.21. The molecule has 0 saturated carbocycles. The van der Waals surface area contributed by atoms with Gasteiger partial charge < -0.3 is 4.74 Å². The van der Waals surface area contributed by atoms with Gasteiger partial charge in [0.25, 0.3) is 0 Å². The van der Waals surface area contributed by atoms with Crippen molar-refractivity contribution in [1.29, 1.82) is 10.5 Å². The molecule has 3 nitrogen and oxygen atoms in total. The van der Waals surface area contributed by atoms with Crippen LogP contribution < -0.4 is 4.74 Å². The van der Waals surface area contributed by atoms with Crippen LogP contribution >= 0.6 is 11.6 Å². The van der Waals surface area contributed by atoms with Crippen molar-refractivity contribution in [1.82, 2.24) is 0 Å². The summed E-state index contributed by atoms with van der Waals surface area (Å²) in [5, 5.41) is 17.6. The van der Waals surface area contributed by atoms with E-state index in [0.717, 1.165) is 11.3 Å². The summed E-state index contributed by atoms with van der Waals surface area (Å²) in [6.07, 6.45) is 2.90. The number of hydrogen-bond donors (Lipinski definition) is 0. The Hall–Kier alpha value is -2.23. The summed E-state index contributed by atoms with van der Waals surface area (Å²) in [6, 6.07) is 10.7. The summed E-state index contributed by atoms with van der Waals surface area (Å²) in [5.41, 5.74) is 0.801. The molecule has 17 heavy (non-hydrogen) atoms. The van der Waals surface area contributed by atoms with Gasteiger partial charge in [0.05, 0.1) is 7.11 Å². The summed E-state index contributed by atoms with van der Waals surface area (Å²) in [6.45, 7) is 0. The smallest absolute Gasteiger partial charge is 0.129 e. The number of hydrogen-bond acceptors (Lipinski definition) is 3. The lowest BCUT2D eigenvalue weighted by molar-refractivity contribution is 0.415. The van der Waals surface area contributed by atoms with E-state index in [1.165, 1.54) is 12.2 Å². The summed E-state index contributed by atoms with van der Waals surface area (Å²) >= 11 is 6.02. The first-order valence-corrected chi connectivity index (χ1v) is 5.11. The molecule has 1 aromatic carbocycles. The first-order chi connectivity index (χ1) is 8.21. The minimum Gasteiger partial charge on any atom is -0.497 e. The van der Waals surface area contributed by atoms with Crippen LogP contribution in [0.5, 0.6) is 5.75 Å². The molecule has 0 N–H and O–H groups in total. The fourth-order valence-corrected chi connectivity index (χ4v) is 1.29. The van der Waals surface area contributed by atoms with Gasteiger partial charge in [-0.15, -0.1) is 0 Å². The van der Waals surface area contributed by atoms with Gasteiger partial charge in [0.2, 0.25) is 0 Å². The first-order valence-electron chi connectivity index (χ1n) is 4.73. The van der Waals surface area contributed by atoms with E-state index in [4.69, 9.17) is 26.9 Å². The number of nitrogens with zero attached hydrogens (tertiary/aromatic N) is 2. The van der Waals surface area contributed by atoms with Crippen molar-refractivity contribution in [3.63, 3.8) is 0 Å². The van der Waals surface area contributed by atoms with E-state index in [2.05, 4.69) is 0 Å². The lowest BCUT2D eigenvalue weighted by Crippen LogP contribution is -1.82. The lowest BCUT2D eigenvalue weighted by Gasteiger charge is -2.01. The van der Waals surface area contributed by atoms with Gasteiger partial charge in [0.15, 0.2) is 0 Å².